The van der Waals surface area contributed by atoms with Crippen LogP contribution in [0.4, 0.5) is 0 Å². The van der Waals surface area contributed by atoms with Crippen LogP contribution in [0.3, 0.4) is 0 Å². The van der Waals surface area contributed by atoms with Gasteiger partial charge in [0.15, 0.2) is 0 Å². The molecule has 1 aromatic rings. The summed E-state index contributed by atoms with van der Waals surface area (Å²) in [7, 11) is 0. The third-order valence-electron chi connectivity index (χ3n) is 2.69. The van der Waals surface area contributed by atoms with Crippen molar-refractivity contribution in [2.24, 2.45) is 0 Å². The second kappa shape index (κ2) is 6.67. The van der Waals surface area contributed by atoms with Crippen molar-refractivity contribution in [1.29, 1.82) is 0 Å². The lowest BCUT2D eigenvalue weighted by Crippen LogP contribution is -1.95. The van der Waals surface area contributed by atoms with E-state index in [1.165, 1.54) is 19.3 Å². The van der Waals surface area contributed by atoms with E-state index in [9.17, 15) is 5.11 Å². The molecule has 0 bridgehead atoms. The number of unbranched alkanes of at least 4 members (excludes halogenated alkanes) is 3. The Morgan fingerprint density at radius 3 is 2.60 bits per heavy atom. The molecule has 2 nitrogen and oxygen atoms in total. The summed E-state index contributed by atoms with van der Waals surface area (Å²) >= 11 is 0. The van der Waals surface area contributed by atoms with Crippen LogP contribution in [0.5, 0.6) is 0 Å². The van der Waals surface area contributed by atoms with Crippen LogP contribution in [0.25, 0.3) is 0 Å². The quantitative estimate of drug-likeness (QED) is 0.693. The molecule has 0 aliphatic rings. The van der Waals surface area contributed by atoms with Crippen molar-refractivity contribution in [2.75, 3.05) is 0 Å². The molecule has 0 spiro atoms. The van der Waals surface area contributed by atoms with E-state index >= 15 is 0 Å². The zero-order chi connectivity index (χ0) is 11.1. The predicted molar refractivity (Wildman–Crippen MR) is 61.8 cm³/mol. The van der Waals surface area contributed by atoms with Crippen molar-refractivity contribution in [3.05, 3.63) is 23.7 Å². The molecule has 1 N–H and O–H groups in total. The van der Waals surface area contributed by atoms with Gasteiger partial charge in [0.2, 0.25) is 0 Å². The summed E-state index contributed by atoms with van der Waals surface area (Å²) in [4.78, 5) is 0. The summed E-state index contributed by atoms with van der Waals surface area (Å²) in [6.07, 6.45) is 6.06. The van der Waals surface area contributed by atoms with Gasteiger partial charge in [0.1, 0.15) is 17.6 Å². The molecule has 0 fully saturated rings. The molecule has 2 heteroatoms. The van der Waals surface area contributed by atoms with Crippen LogP contribution in [0, 0.1) is 0 Å². The van der Waals surface area contributed by atoms with Crippen molar-refractivity contribution in [3.63, 3.8) is 0 Å². The van der Waals surface area contributed by atoms with E-state index in [0.717, 1.165) is 30.8 Å². The van der Waals surface area contributed by atoms with Crippen molar-refractivity contribution in [2.45, 2.75) is 58.5 Å². The molecule has 0 aliphatic heterocycles. The fourth-order valence-corrected chi connectivity index (χ4v) is 1.67. The fourth-order valence-electron chi connectivity index (χ4n) is 1.67. The Hall–Kier alpha value is -0.760. The highest BCUT2D eigenvalue weighted by Crippen LogP contribution is 2.22. The maximum Gasteiger partial charge on any atom is 0.132 e. The van der Waals surface area contributed by atoms with Crippen LogP contribution in [-0.4, -0.2) is 5.11 Å². The van der Waals surface area contributed by atoms with E-state index in [-0.39, 0.29) is 0 Å². The number of aliphatic hydroxyl groups excluding tert-OH is 1. The second-order valence-electron chi connectivity index (χ2n) is 4.02. The van der Waals surface area contributed by atoms with Gasteiger partial charge in [-0.05, 0) is 18.6 Å². The smallest absolute Gasteiger partial charge is 0.132 e. The Bertz CT molecular complexity index is 265. The van der Waals surface area contributed by atoms with Crippen molar-refractivity contribution in [3.8, 4) is 0 Å². The Labute approximate surface area is 92.3 Å². The second-order valence-corrected chi connectivity index (χ2v) is 4.02. The fraction of sp³-hybridized carbons (Fsp3) is 0.692. The van der Waals surface area contributed by atoms with E-state index in [1.54, 1.807) is 0 Å². The summed E-state index contributed by atoms with van der Waals surface area (Å²) in [5.41, 5.74) is 0. The third kappa shape index (κ3) is 4.08. The highest BCUT2D eigenvalue weighted by Gasteiger charge is 2.11. The summed E-state index contributed by atoms with van der Waals surface area (Å²) < 4.78 is 5.50. The summed E-state index contributed by atoms with van der Waals surface area (Å²) in [5, 5.41) is 9.83. The maximum absolute atomic E-state index is 9.83. The molecule has 0 aromatic carbocycles. The molecule has 0 saturated carbocycles. The summed E-state index contributed by atoms with van der Waals surface area (Å²) in [6, 6.07) is 3.84. The van der Waals surface area contributed by atoms with Crippen molar-refractivity contribution < 1.29 is 9.52 Å². The van der Waals surface area contributed by atoms with Crippen LogP contribution >= 0.6 is 0 Å². The molecule has 1 heterocycles. The van der Waals surface area contributed by atoms with Gasteiger partial charge < -0.3 is 9.52 Å². The molecule has 0 amide bonds. The molecule has 1 aromatic heterocycles. The molecular formula is C13H22O2. The van der Waals surface area contributed by atoms with Gasteiger partial charge in [0.25, 0.3) is 0 Å². The van der Waals surface area contributed by atoms with Gasteiger partial charge in [-0.25, -0.2) is 0 Å². The Morgan fingerprint density at radius 2 is 2.00 bits per heavy atom. The molecule has 1 rings (SSSR count). The minimum atomic E-state index is -0.415. The maximum atomic E-state index is 9.83. The minimum absolute atomic E-state index is 0.415. The van der Waals surface area contributed by atoms with E-state index in [0.29, 0.717) is 0 Å². The highest BCUT2D eigenvalue weighted by atomic mass is 16.4. The Balaban J connectivity index is 2.29. The zero-order valence-electron chi connectivity index (χ0n) is 9.83. The van der Waals surface area contributed by atoms with Crippen LogP contribution in [0.1, 0.15) is 63.6 Å². The largest absolute Gasteiger partial charge is 0.463 e. The zero-order valence-corrected chi connectivity index (χ0v) is 9.83. The Kier molecular flexibility index (Phi) is 5.48. The number of hydrogen-bond donors (Lipinski definition) is 1. The number of aryl methyl sites for hydroxylation is 1. The van der Waals surface area contributed by atoms with Crippen molar-refractivity contribution in [1.82, 2.24) is 0 Å². The molecule has 15 heavy (non-hydrogen) atoms. The topological polar surface area (TPSA) is 33.4 Å². The minimum Gasteiger partial charge on any atom is -0.463 e. The van der Waals surface area contributed by atoms with Crippen LogP contribution in [0.15, 0.2) is 16.5 Å². The normalized spacial score (nSPS) is 13.0. The predicted octanol–water partition coefficient (Wildman–Crippen LogP) is 3.85. The first kappa shape index (κ1) is 12.3. The van der Waals surface area contributed by atoms with Gasteiger partial charge in [-0.15, -0.1) is 0 Å². The molecule has 0 aliphatic carbocycles. The molecule has 86 valence electrons. The molecule has 1 atom stereocenters. The lowest BCUT2D eigenvalue weighted by Gasteiger charge is -2.06. The first-order valence-electron chi connectivity index (χ1n) is 6.04. The number of furan rings is 1. The van der Waals surface area contributed by atoms with Gasteiger partial charge in [-0.1, -0.05) is 39.5 Å². The monoisotopic (exact) mass is 210 g/mol. The van der Waals surface area contributed by atoms with Gasteiger partial charge in [0, 0.05) is 6.42 Å². The van der Waals surface area contributed by atoms with E-state index in [2.05, 4.69) is 13.8 Å². The molecule has 1 unspecified atom stereocenters. The summed E-state index contributed by atoms with van der Waals surface area (Å²) in [6.45, 7) is 4.24. The molecular weight excluding hydrogens is 188 g/mol. The van der Waals surface area contributed by atoms with Crippen molar-refractivity contribution >= 4 is 0 Å². The first-order chi connectivity index (χ1) is 7.27. The lowest BCUT2D eigenvalue weighted by atomic mass is 10.1. The standard InChI is InChI=1S/C13H22O2/c1-3-5-6-7-8-12(14)13-10-9-11(4-2)15-13/h9-10,12,14H,3-8H2,1-2H3. The van der Waals surface area contributed by atoms with Crippen LogP contribution < -0.4 is 0 Å². The molecule has 0 saturated heterocycles. The lowest BCUT2D eigenvalue weighted by molar-refractivity contribution is 0.135. The highest BCUT2D eigenvalue weighted by molar-refractivity contribution is 5.09. The Morgan fingerprint density at radius 1 is 1.20 bits per heavy atom. The average Bonchev–Trinajstić information content (AvgIpc) is 2.72. The van der Waals surface area contributed by atoms with E-state index in [4.69, 9.17) is 4.42 Å². The number of hydrogen-bond acceptors (Lipinski definition) is 2. The summed E-state index contributed by atoms with van der Waals surface area (Å²) in [5.74, 6) is 1.68. The number of rotatable bonds is 7. The SMILES string of the molecule is CCCCCCC(O)c1ccc(CC)o1. The van der Waals surface area contributed by atoms with Gasteiger partial charge in [-0.3, -0.25) is 0 Å². The van der Waals surface area contributed by atoms with Crippen LogP contribution in [0.2, 0.25) is 0 Å². The third-order valence-corrected chi connectivity index (χ3v) is 2.69. The van der Waals surface area contributed by atoms with Gasteiger partial charge in [0.05, 0.1) is 0 Å². The van der Waals surface area contributed by atoms with Crippen LogP contribution in [-0.2, 0) is 6.42 Å². The number of aliphatic hydroxyl groups is 1. The van der Waals surface area contributed by atoms with E-state index in [1.807, 2.05) is 12.1 Å². The first-order valence-corrected chi connectivity index (χ1v) is 6.04. The van der Waals surface area contributed by atoms with E-state index < -0.39 is 6.10 Å². The van der Waals surface area contributed by atoms with Gasteiger partial charge >= 0.3 is 0 Å². The average molecular weight is 210 g/mol. The molecule has 0 radical (unpaired) electrons. The van der Waals surface area contributed by atoms with Gasteiger partial charge in [-0.2, -0.15) is 0 Å².